The molecule has 4 heteroatoms. The fourth-order valence-corrected chi connectivity index (χ4v) is 2.33. The van der Waals surface area contributed by atoms with Crippen molar-refractivity contribution in [2.75, 3.05) is 0 Å². The molecule has 2 rings (SSSR count). The van der Waals surface area contributed by atoms with Gasteiger partial charge >= 0.3 is 5.97 Å². The number of rotatable bonds is 5. The van der Waals surface area contributed by atoms with Crippen LogP contribution in [-0.2, 0) is 4.79 Å². The third-order valence-corrected chi connectivity index (χ3v) is 3.80. The zero-order valence-corrected chi connectivity index (χ0v) is 12.2. The standard InChI is InChI=1S/C17H19NO3/c1-3-11(2)15(17(20)21)18-16(19)14-10-6-8-12-7-4-5-9-13(12)14/h4-11,15H,3H2,1-2H3,(H,18,19)(H,20,21)/t11-,15-/m1/s1. The van der Waals surface area contributed by atoms with E-state index in [4.69, 9.17) is 0 Å². The summed E-state index contributed by atoms with van der Waals surface area (Å²) in [6, 6.07) is 12.1. The second kappa shape index (κ2) is 6.39. The molecule has 2 aromatic rings. The second-order valence-electron chi connectivity index (χ2n) is 5.20. The van der Waals surface area contributed by atoms with Crippen molar-refractivity contribution in [2.45, 2.75) is 26.3 Å². The van der Waals surface area contributed by atoms with Crippen LogP contribution in [0.1, 0.15) is 30.6 Å². The van der Waals surface area contributed by atoms with Gasteiger partial charge in [-0.3, -0.25) is 4.79 Å². The molecule has 1 amide bonds. The highest BCUT2D eigenvalue weighted by atomic mass is 16.4. The summed E-state index contributed by atoms with van der Waals surface area (Å²) < 4.78 is 0. The quantitative estimate of drug-likeness (QED) is 0.887. The van der Waals surface area contributed by atoms with E-state index in [2.05, 4.69) is 5.32 Å². The summed E-state index contributed by atoms with van der Waals surface area (Å²) in [4.78, 5) is 23.7. The maximum absolute atomic E-state index is 12.4. The maximum Gasteiger partial charge on any atom is 0.326 e. The topological polar surface area (TPSA) is 66.4 Å². The van der Waals surface area contributed by atoms with Gasteiger partial charge < -0.3 is 10.4 Å². The van der Waals surface area contributed by atoms with Gasteiger partial charge in [-0.15, -0.1) is 0 Å². The molecule has 0 fully saturated rings. The van der Waals surface area contributed by atoms with E-state index in [0.717, 1.165) is 10.8 Å². The molecule has 0 spiro atoms. The van der Waals surface area contributed by atoms with Gasteiger partial charge in [0.25, 0.3) is 5.91 Å². The predicted molar refractivity (Wildman–Crippen MR) is 82.3 cm³/mol. The van der Waals surface area contributed by atoms with Crippen LogP contribution < -0.4 is 5.32 Å². The van der Waals surface area contributed by atoms with E-state index in [1.54, 1.807) is 12.1 Å². The molecule has 2 N–H and O–H groups in total. The van der Waals surface area contributed by atoms with Gasteiger partial charge in [0.1, 0.15) is 6.04 Å². The SMILES string of the molecule is CC[C@@H](C)[C@@H](NC(=O)c1cccc2ccccc12)C(=O)O. The van der Waals surface area contributed by atoms with E-state index >= 15 is 0 Å². The van der Waals surface area contributed by atoms with Crippen LogP contribution in [0.4, 0.5) is 0 Å². The van der Waals surface area contributed by atoms with Gasteiger partial charge in [-0.1, -0.05) is 56.7 Å². The van der Waals surface area contributed by atoms with Gasteiger partial charge in [-0.2, -0.15) is 0 Å². The van der Waals surface area contributed by atoms with Crippen LogP contribution in [0, 0.1) is 5.92 Å². The minimum atomic E-state index is -1.00. The predicted octanol–water partition coefficient (Wildman–Crippen LogP) is 3.07. The van der Waals surface area contributed by atoms with E-state index in [-0.39, 0.29) is 11.8 Å². The number of carboxylic acid groups (broad SMARTS) is 1. The number of carbonyl (C=O) groups is 2. The summed E-state index contributed by atoms with van der Waals surface area (Å²) in [6.07, 6.45) is 0.687. The monoisotopic (exact) mass is 285 g/mol. The third kappa shape index (κ3) is 3.21. The van der Waals surface area contributed by atoms with Crippen LogP contribution >= 0.6 is 0 Å². The number of fused-ring (bicyclic) bond motifs is 1. The smallest absolute Gasteiger partial charge is 0.326 e. The molecule has 2 atom stereocenters. The highest BCUT2D eigenvalue weighted by molar-refractivity contribution is 6.07. The molecule has 0 saturated carbocycles. The summed E-state index contributed by atoms with van der Waals surface area (Å²) >= 11 is 0. The van der Waals surface area contributed by atoms with Crippen LogP contribution in [0.15, 0.2) is 42.5 Å². The number of hydrogen-bond donors (Lipinski definition) is 2. The Balaban J connectivity index is 2.32. The molecular formula is C17H19NO3. The number of aliphatic carboxylic acids is 1. The lowest BCUT2D eigenvalue weighted by Crippen LogP contribution is -2.45. The molecular weight excluding hydrogens is 266 g/mol. The second-order valence-corrected chi connectivity index (χ2v) is 5.20. The largest absolute Gasteiger partial charge is 0.480 e. The van der Waals surface area contributed by atoms with Gasteiger partial charge in [0, 0.05) is 5.56 Å². The van der Waals surface area contributed by atoms with Crippen molar-refractivity contribution in [1.29, 1.82) is 0 Å². The maximum atomic E-state index is 12.4. The lowest BCUT2D eigenvalue weighted by molar-refractivity contribution is -0.140. The van der Waals surface area contributed by atoms with Crippen molar-refractivity contribution in [3.8, 4) is 0 Å². The first kappa shape index (κ1) is 15.0. The normalized spacial score (nSPS) is 13.6. The highest BCUT2D eigenvalue weighted by Gasteiger charge is 2.26. The highest BCUT2D eigenvalue weighted by Crippen LogP contribution is 2.19. The fraction of sp³-hybridized carbons (Fsp3) is 0.294. The lowest BCUT2D eigenvalue weighted by atomic mass is 9.98. The first-order valence-corrected chi connectivity index (χ1v) is 7.06. The number of carboxylic acids is 1. The Bertz CT molecular complexity index is 661. The molecule has 0 aliphatic rings. The Kier molecular flexibility index (Phi) is 4.58. The minimum absolute atomic E-state index is 0.124. The molecule has 0 aliphatic heterocycles. The van der Waals surface area contributed by atoms with Crippen LogP contribution in [0.5, 0.6) is 0 Å². The van der Waals surface area contributed by atoms with Crippen molar-refractivity contribution >= 4 is 22.6 Å². The summed E-state index contributed by atoms with van der Waals surface area (Å²) in [5.74, 6) is -1.47. The molecule has 0 aromatic heterocycles. The lowest BCUT2D eigenvalue weighted by Gasteiger charge is -2.20. The number of nitrogens with one attached hydrogen (secondary N) is 1. The summed E-state index contributed by atoms with van der Waals surface area (Å²) in [6.45, 7) is 3.73. The van der Waals surface area contributed by atoms with Crippen molar-refractivity contribution in [1.82, 2.24) is 5.32 Å². The first-order valence-electron chi connectivity index (χ1n) is 7.06. The van der Waals surface area contributed by atoms with E-state index in [9.17, 15) is 14.7 Å². The van der Waals surface area contributed by atoms with Crippen molar-refractivity contribution in [2.24, 2.45) is 5.92 Å². The summed E-state index contributed by atoms with van der Waals surface area (Å²) in [5.41, 5.74) is 0.502. The molecule has 4 nitrogen and oxygen atoms in total. The Hall–Kier alpha value is -2.36. The zero-order chi connectivity index (χ0) is 15.4. The van der Waals surface area contributed by atoms with Crippen LogP contribution in [0.25, 0.3) is 10.8 Å². The summed E-state index contributed by atoms with van der Waals surface area (Å²) in [5, 5.41) is 13.7. The molecule has 21 heavy (non-hydrogen) atoms. The molecule has 0 bridgehead atoms. The van der Waals surface area contributed by atoms with Crippen molar-refractivity contribution < 1.29 is 14.7 Å². The Morgan fingerprint density at radius 1 is 1.14 bits per heavy atom. The number of carbonyl (C=O) groups excluding carboxylic acids is 1. The van der Waals surface area contributed by atoms with Crippen LogP contribution in [0.2, 0.25) is 0 Å². The molecule has 0 unspecified atom stereocenters. The Labute approximate surface area is 123 Å². The number of benzene rings is 2. The van der Waals surface area contributed by atoms with Gasteiger partial charge in [-0.25, -0.2) is 4.79 Å². The van der Waals surface area contributed by atoms with Gasteiger partial charge in [0.2, 0.25) is 0 Å². The average Bonchev–Trinajstić information content (AvgIpc) is 2.50. The van der Waals surface area contributed by atoms with Crippen LogP contribution in [-0.4, -0.2) is 23.0 Å². The van der Waals surface area contributed by atoms with Crippen molar-refractivity contribution in [3.63, 3.8) is 0 Å². The zero-order valence-electron chi connectivity index (χ0n) is 12.2. The molecule has 0 aliphatic carbocycles. The Morgan fingerprint density at radius 3 is 2.48 bits per heavy atom. The van der Waals surface area contributed by atoms with Gasteiger partial charge in [-0.05, 0) is 22.8 Å². The minimum Gasteiger partial charge on any atom is -0.480 e. The van der Waals surface area contributed by atoms with E-state index < -0.39 is 12.0 Å². The fourth-order valence-electron chi connectivity index (χ4n) is 2.33. The molecule has 0 heterocycles. The number of hydrogen-bond acceptors (Lipinski definition) is 2. The number of amides is 1. The third-order valence-electron chi connectivity index (χ3n) is 3.80. The van der Waals surface area contributed by atoms with Gasteiger partial charge in [0.05, 0.1) is 0 Å². The molecule has 0 radical (unpaired) electrons. The first-order chi connectivity index (χ1) is 10.0. The summed E-state index contributed by atoms with van der Waals surface area (Å²) in [7, 11) is 0. The molecule has 2 aromatic carbocycles. The molecule has 110 valence electrons. The van der Waals surface area contributed by atoms with Gasteiger partial charge in [0.15, 0.2) is 0 Å². The van der Waals surface area contributed by atoms with Crippen LogP contribution in [0.3, 0.4) is 0 Å². The Morgan fingerprint density at radius 2 is 1.81 bits per heavy atom. The van der Waals surface area contributed by atoms with E-state index in [0.29, 0.717) is 12.0 Å². The molecule has 0 saturated heterocycles. The van der Waals surface area contributed by atoms with E-state index in [1.165, 1.54) is 0 Å². The average molecular weight is 285 g/mol. The van der Waals surface area contributed by atoms with Crippen molar-refractivity contribution in [3.05, 3.63) is 48.0 Å². The van der Waals surface area contributed by atoms with E-state index in [1.807, 2.05) is 44.2 Å².